The number of carbonyl (C=O) groups excluding carboxylic acids is 3. The summed E-state index contributed by atoms with van der Waals surface area (Å²) in [7, 11) is 4.88. The Morgan fingerprint density at radius 2 is 1.69 bits per heavy atom. The summed E-state index contributed by atoms with van der Waals surface area (Å²) in [6.07, 6.45) is 1.56. The van der Waals surface area contributed by atoms with Crippen LogP contribution in [-0.2, 0) is 13.1 Å². The van der Waals surface area contributed by atoms with Gasteiger partial charge in [-0.3, -0.25) is 14.4 Å². The van der Waals surface area contributed by atoms with Crippen LogP contribution in [0.25, 0.3) is 0 Å². The Balaban J connectivity index is 1.87. The highest BCUT2D eigenvalue weighted by Crippen LogP contribution is 2.18. The topological polar surface area (TPSA) is 95.8 Å². The number of hydrogen-bond donors (Lipinski definition) is 1. The molecule has 0 saturated carbocycles. The monoisotopic (exact) mass is 434 g/mol. The molecule has 2 aromatic heterocycles. The number of nitrogens with one attached hydrogen (secondary N) is 1. The number of aryl methyl sites for hydroxylation is 1. The Morgan fingerprint density at radius 3 is 2.25 bits per heavy atom. The van der Waals surface area contributed by atoms with Crippen molar-refractivity contribution in [3.8, 4) is 0 Å². The van der Waals surface area contributed by atoms with Crippen LogP contribution < -0.4 is 5.32 Å². The van der Waals surface area contributed by atoms with Gasteiger partial charge >= 0.3 is 0 Å². The molecule has 0 bridgehead atoms. The van der Waals surface area contributed by atoms with Crippen molar-refractivity contribution in [2.75, 3.05) is 21.1 Å². The number of rotatable bonds is 7. The van der Waals surface area contributed by atoms with Gasteiger partial charge in [-0.05, 0) is 48.9 Å². The van der Waals surface area contributed by atoms with Crippen LogP contribution in [0.1, 0.15) is 48.2 Å². The first-order valence-electron chi connectivity index (χ1n) is 10.1. The van der Waals surface area contributed by atoms with Gasteiger partial charge in [-0.1, -0.05) is 12.1 Å². The molecule has 0 atom stereocenters. The molecular formula is C24H26N4O4. The summed E-state index contributed by atoms with van der Waals surface area (Å²) in [6.45, 7) is 2.29. The molecule has 3 rings (SSSR count). The number of amides is 3. The third-order valence-electron chi connectivity index (χ3n) is 4.97. The molecule has 3 aromatic rings. The molecule has 8 heteroatoms. The number of aromatic nitrogens is 1. The number of nitrogens with zero attached hydrogens (tertiary/aromatic N) is 3. The molecule has 0 radical (unpaired) electrons. The number of pyridine rings is 1. The van der Waals surface area contributed by atoms with E-state index in [1.54, 1.807) is 75.6 Å². The minimum absolute atomic E-state index is 0.172. The van der Waals surface area contributed by atoms with Crippen molar-refractivity contribution in [3.63, 3.8) is 0 Å². The van der Waals surface area contributed by atoms with Crippen LogP contribution in [0.2, 0.25) is 0 Å². The molecule has 0 aliphatic heterocycles. The number of hydrogen-bond acceptors (Lipinski definition) is 5. The molecule has 3 amide bonds. The van der Waals surface area contributed by atoms with E-state index in [2.05, 4.69) is 10.3 Å². The van der Waals surface area contributed by atoms with E-state index in [9.17, 15) is 14.4 Å². The molecule has 32 heavy (non-hydrogen) atoms. The molecule has 0 unspecified atom stereocenters. The van der Waals surface area contributed by atoms with Gasteiger partial charge in [0, 0.05) is 33.3 Å². The standard InChI is InChI=1S/C24H26N4O4/c1-16-20(11-12-21(26-16)24(31)27(3)4)23(30)28(15-19-6-5-13-32-19)14-17-7-9-18(10-8-17)22(29)25-2/h5-13H,14-15H2,1-4H3,(H,25,29). The summed E-state index contributed by atoms with van der Waals surface area (Å²) in [5.41, 5.74) is 2.58. The SMILES string of the molecule is CNC(=O)c1ccc(CN(Cc2ccco2)C(=O)c2ccc(C(=O)N(C)C)nc2C)cc1. The Labute approximate surface area is 186 Å². The van der Waals surface area contributed by atoms with Crippen molar-refractivity contribution in [3.05, 3.63) is 88.6 Å². The lowest BCUT2D eigenvalue weighted by molar-refractivity contribution is 0.0714. The highest BCUT2D eigenvalue weighted by Gasteiger charge is 2.22. The molecule has 0 aliphatic carbocycles. The molecule has 0 fully saturated rings. The van der Waals surface area contributed by atoms with Crippen LogP contribution in [0.15, 0.2) is 59.2 Å². The summed E-state index contributed by atoms with van der Waals surface area (Å²) in [6, 6.07) is 13.8. The van der Waals surface area contributed by atoms with E-state index < -0.39 is 0 Å². The molecule has 1 aromatic carbocycles. The average molecular weight is 434 g/mol. The number of benzene rings is 1. The van der Waals surface area contributed by atoms with Crippen LogP contribution in [0.4, 0.5) is 0 Å². The number of furan rings is 1. The minimum atomic E-state index is -0.231. The summed E-state index contributed by atoms with van der Waals surface area (Å²) >= 11 is 0. The molecule has 0 spiro atoms. The van der Waals surface area contributed by atoms with E-state index >= 15 is 0 Å². The molecule has 166 valence electrons. The second-order valence-electron chi connectivity index (χ2n) is 7.55. The normalized spacial score (nSPS) is 10.5. The van der Waals surface area contributed by atoms with Gasteiger partial charge in [0.1, 0.15) is 11.5 Å². The van der Waals surface area contributed by atoms with E-state index in [1.165, 1.54) is 4.90 Å². The maximum absolute atomic E-state index is 13.4. The number of carbonyl (C=O) groups is 3. The first kappa shape index (κ1) is 22.7. The molecular weight excluding hydrogens is 408 g/mol. The van der Waals surface area contributed by atoms with Gasteiger partial charge in [-0.15, -0.1) is 0 Å². The van der Waals surface area contributed by atoms with E-state index in [4.69, 9.17) is 4.42 Å². The third-order valence-corrected chi connectivity index (χ3v) is 4.97. The Kier molecular flexibility index (Phi) is 7.04. The zero-order chi connectivity index (χ0) is 23.3. The van der Waals surface area contributed by atoms with Gasteiger partial charge in [0.05, 0.1) is 24.1 Å². The van der Waals surface area contributed by atoms with Crippen LogP contribution in [0.3, 0.4) is 0 Å². The maximum atomic E-state index is 13.4. The fourth-order valence-electron chi connectivity index (χ4n) is 3.22. The summed E-state index contributed by atoms with van der Waals surface area (Å²) in [5.74, 6) is 0.0147. The second-order valence-corrected chi connectivity index (χ2v) is 7.55. The zero-order valence-corrected chi connectivity index (χ0v) is 18.6. The first-order valence-corrected chi connectivity index (χ1v) is 10.1. The van der Waals surface area contributed by atoms with Gasteiger partial charge < -0.3 is 19.5 Å². The fraction of sp³-hybridized carbons (Fsp3) is 0.250. The van der Waals surface area contributed by atoms with Crippen molar-refractivity contribution in [2.24, 2.45) is 0 Å². The van der Waals surface area contributed by atoms with Gasteiger partial charge in [-0.2, -0.15) is 0 Å². The fourth-order valence-corrected chi connectivity index (χ4v) is 3.22. The predicted octanol–water partition coefficient (Wildman–Crippen LogP) is 2.89. The van der Waals surface area contributed by atoms with E-state index in [1.807, 2.05) is 12.1 Å². The molecule has 0 aliphatic rings. The van der Waals surface area contributed by atoms with Crippen molar-refractivity contribution in [1.82, 2.24) is 20.1 Å². The Hall–Kier alpha value is -3.94. The molecule has 2 heterocycles. The maximum Gasteiger partial charge on any atom is 0.271 e. The van der Waals surface area contributed by atoms with Gasteiger partial charge in [0.15, 0.2) is 0 Å². The largest absolute Gasteiger partial charge is 0.467 e. The van der Waals surface area contributed by atoms with E-state index in [-0.39, 0.29) is 30.0 Å². The third kappa shape index (κ3) is 5.21. The lowest BCUT2D eigenvalue weighted by Gasteiger charge is -2.23. The molecule has 1 N–H and O–H groups in total. The van der Waals surface area contributed by atoms with Crippen molar-refractivity contribution in [2.45, 2.75) is 20.0 Å². The Morgan fingerprint density at radius 1 is 0.969 bits per heavy atom. The summed E-state index contributed by atoms with van der Waals surface area (Å²) in [4.78, 5) is 44.8. The first-order chi connectivity index (χ1) is 15.3. The lowest BCUT2D eigenvalue weighted by Crippen LogP contribution is -2.31. The van der Waals surface area contributed by atoms with E-state index in [0.717, 1.165) is 5.56 Å². The van der Waals surface area contributed by atoms with Gasteiger partial charge in [0.25, 0.3) is 17.7 Å². The highest BCUT2D eigenvalue weighted by atomic mass is 16.3. The quantitative estimate of drug-likeness (QED) is 0.617. The second kappa shape index (κ2) is 9.91. The smallest absolute Gasteiger partial charge is 0.271 e. The highest BCUT2D eigenvalue weighted by molar-refractivity contribution is 5.97. The summed E-state index contributed by atoms with van der Waals surface area (Å²) in [5, 5.41) is 2.59. The predicted molar refractivity (Wildman–Crippen MR) is 119 cm³/mol. The molecule has 8 nitrogen and oxygen atoms in total. The van der Waals surface area contributed by atoms with Crippen molar-refractivity contribution < 1.29 is 18.8 Å². The van der Waals surface area contributed by atoms with Gasteiger partial charge in [-0.25, -0.2) is 4.98 Å². The average Bonchev–Trinajstić information content (AvgIpc) is 3.30. The van der Waals surface area contributed by atoms with Gasteiger partial charge in [0.2, 0.25) is 0 Å². The zero-order valence-electron chi connectivity index (χ0n) is 18.6. The van der Waals surface area contributed by atoms with Crippen LogP contribution in [0, 0.1) is 6.92 Å². The van der Waals surface area contributed by atoms with Crippen LogP contribution in [0.5, 0.6) is 0 Å². The van der Waals surface area contributed by atoms with Crippen molar-refractivity contribution >= 4 is 17.7 Å². The minimum Gasteiger partial charge on any atom is -0.467 e. The Bertz CT molecular complexity index is 1110. The van der Waals surface area contributed by atoms with Crippen molar-refractivity contribution in [1.29, 1.82) is 0 Å². The van der Waals surface area contributed by atoms with Crippen LogP contribution >= 0.6 is 0 Å². The molecule has 0 saturated heterocycles. The summed E-state index contributed by atoms with van der Waals surface area (Å²) < 4.78 is 5.45. The lowest BCUT2D eigenvalue weighted by atomic mass is 10.1. The van der Waals surface area contributed by atoms with Crippen LogP contribution in [-0.4, -0.2) is 53.6 Å². The van der Waals surface area contributed by atoms with E-state index in [0.29, 0.717) is 29.1 Å².